The molecule has 0 aromatic carbocycles. The highest BCUT2D eigenvalue weighted by Crippen LogP contribution is 2.47. The van der Waals surface area contributed by atoms with E-state index >= 15 is 0 Å². The average molecular weight is 289 g/mol. The van der Waals surface area contributed by atoms with E-state index in [2.05, 4.69) is 5.32 Å². The number of nitrogens with two attached hydrogens (primary N) is 1. The van der Waals surface area contributed by atoms with Crippen LogP contribution < -0.4 is 11.1 Å². The van der Waals surface area contributed by atoms with Crippen LogP contribution in [0.5, 0.6) is 0 Å². The highest BCUT2D eigenvalue weighted by molar-refractivity contribution is 5.74. The summed E-state index contributed by atoms with van der Waals surface area (Å²) in [7, 11) is 0. The molecule has 6 heteroatoms. The fraction of sp³-hybridized carbons (Fsp3) is 0.929. The number of halogens is 2. The average Bonchev–Trinajstić information content (AvgIpc) is 2.62. The second-order valence-corrected chi connectivity index (χ2v) is 7.13. The summed E-state index contributed by atoms with van der Waals surface area (Å²) >= 11 is 0. The molecule has 2 aliphatic rings. The molecule has 1 spiro atoms. The van der Waals surface area contributed by atoms with Gasteiger partial charge in [-0.15, -0.1) is 0 Å². The van der Waals surface area contributed by atoms with Gasteiger partial charge in [0.15, 0.2) is 0 Å². The van der Waals surface area contributed by atoms with Crippen molar-refractivity contribution in [1.29, 1.82) is 0 Å². The number of hydrogen-bond donors (Lipinski definition) is 2. The largest absolute Gasteiger partial charge is 0.337 e. The second-order valence-electron chi connectivity index (χ2n) is 7.13. The second kappa shape index (κ2) is 4.83. The van der Waals surface area contributed by atoms with Crippen molar-refractivity contribution in [3.63, 3.8) is 0 Å². The van der Waals surface area contributed by atoms with Gasteiger partial charge in [-0.1, -0.05) is 20.3 Å². The molecule has 0 aromatic heterocycles. The van der Waals surface area contributed by atoms with Crippen LogP contribution in [0.2, 0.25) is 0 Å². The number of carbonyl (C=O) groups is 1. The molecule has 1 aliphatic carbocycles. The number of alkyl halides is 2. The zero-order valence-corrected chi connectivity index (χ0v) is 12.5. The van der Waals surface area contributed by atoms with Gasteiger partial charge in [0.05, 0.1) is 0 Å². The van der Waals surface area contributed by atoms with Crippen molar-refractivity contribution < 1.29 is 13.6 Å². The Hall–Kier alpha value is -0.910. The lowest BCUT2D eigenvalue weighted by molar-refractivity contribution is -0.0858. The van der Waals surface area contributed by atoms with Gasteiger partial charge in [0.2, 0.25) is 0 Å². The normalized spacial score (nSPS) is 25.7. The molecule has 0 aromatic rings. The first-order chi connectivity index (χ1) is 9.07. The Morgan fingerprint density at radius 2 is 2.00 bits per heavy atom. The lowest BCUT2D eigenvalue weighted by Crippen LogP contribution is -2.48. The zero-order chi connectivity index (χ0) is 15.2. The topological polar surface area (TPSA) is 58.4 Å². The minimum absolute atomic E-state index is 0.0163. The van der Waals surface area contributed by atoms with Crippen molar-refractivity contribution in [3.05, 3.63) is 0 Å². The SMILES string of the molecule is CC(F)(F)C(C)(C)CNC(=O)N1CC(N)C2(CCC2)C1. The number of hydrogen-bond acceptors (Lipinski definition) is 2. The van der Waals surface area contributed by atoms with Crippen molar-refractivity contribution in [3.8, 4) is 0 Å². The molecule has 2 fully saturated rings. The summed E-state index contributed by atoms with van der Waals surface area (Å²) in [6, 6.07) is -0.260. The third-order valence-corrected chi connectivity index (χ3v) is 5.22. The van der Waals surface area contributed by atoms with Crippen LogP contribution in [-0.4, -0.2) is 42.5 Å². The molecular formula is C14H25F2N3O. The van der Waals surface area contributed by atoms with Crippen LogP contribution in [0.4, 0.5) is 13.6 Å². The van der Waals surface area contributed by atoms with Crippen LogP contribution in [0.25, 0.3) is 0 Å². The minimum atomic E-state index is -2.84. The maximum absolute atomic E-state index is 13.4. The lowest BCUT2D eigenvalue weighted by Gasteiger charge is -2.41. The predicted octanol–water partition coefficient (Wildman–Crippen LogP) is 2.19. The standard InChI is InChI=1S/C14H25F2N3O/c1-12(2,13(3,15)16)8-18-11(20)19-7-10(17)14(9-19)5-4-6-14/h10H,4-9,17H2,1-3H3,(H,18,20). The highest BCUT2D eigenvalue weighted by atomic mass is 19.3. The number of urea groups is 1. The number of amides is 2. The maximum atomic E-state index is 13.4. The molecule has 1 heterocycles. The molecule has 1 saturated heterocycles. The molecular weight excluding hydrogens is 264 g/mol. The molecule has 1 unspecified atom stereocenters. The van der Waals surface area contributed by atoms with Crippen LogP contribution >= 0.6 is 0 Å². The summed E-state index contributed by atoms with van der Waals surface area (Å²) in [6.07, 6.45) is 3.30. The molecule has 0 radical (unpaired) electrons. The number of likely N-dealkylation sites (tertiary alicyclic amines) is 1. The van der Waals surface area contributed by atoms with E-state index in [4.69, 9.17) is 5.73 Å². The molecule has 2 rings (SSSR count). The van der Waals surface area contributed by atoms with E-state index in [9.17, 15) is 13.6 Å². The summed E-state index contributed by atoms with van der Waals surface area (Å²) < 4.78 is 26.8. The van der Waals surface area contributed by atoms with Crippen molar-refractivity contribution in [2.75, 3.05) is 19.6 Å². The van der Waals surface area contributed by atoms with Crippen LogP contribution in [-0.2, 0) is 0 Å². The number of carbonyl (C=O) groups excluding carboxylic acids is 1. The Morgan fingerprint density at radius 1 is 1.40 bits per heavy atom. The Balaban J connectivity index is 1.88. The van der Waals surface area contributed by atoms with E-state index < -0.39 is 11.3 Å². The molecule has 1 saturated carbocycles. The quantitative estimate of drug-likeness (QED) is 0.836. The van der Waals surface area contributed by atoms with Gasteiger partial charge in [0.1, 0.15) is 0 Å². The van der Waals surface area contributed by atoms with Gasteiger partial charge < -0.3 is 16.0 Å². The fourth-order valence-electron chi connectivity index (χ4n) is 2.87. The molecule has 20 heavy (non-hydrogen) atoms. The summed E-state index contributed by atoms with van der Waals surface area (Å²) in [5.74, 6) is -2.84. The van der Waals surface area contributed by atoms with E-state index in [1.54, 1.807) is 4.90 Å². The van der Waals surface area contributed by atoms with E-state index in [1.807, 2.05) is 0 Å². The molecule has 0 bridgehead atoms. The highest BCUT2D eigenvalue weighted by Gasteiger charge is 2.50. The van der Waals surface area contributed by atoms with E-state index in [0.717, 1.165) is 26.2 Å². The summed E-state index contributed by atoms with van der Waals surface area (Å²) in [5, 5.41) is 2.63. The Morgan fingerprint density at radius 3 is 2.40 bits per heavy atom. The predicted molar refractivity (Wildman–Crippen MR) is 73.6 cm³/mol. The van der Waals surface area contributed by atoms with Crippen LogP contribution in [0.15, 0.2) is 0 Å². The monoisotopic (exact) mass is 289 g/mol. The third-order valence-electron chi connectivity index (χ3n) is 5.22. The van der Waals surface area contributed by atoms with E-state index in [0.29, 0.717) is 13.1 Å². The molecule has 4 nitrogen and oxygen atoms in total. The Bertz CT molecular complexity index is 388. The summed E-state index contributed by atoms with van der Waals surface area (Å²) in [6.45, 7) is 4.92. The number of nitrogens with one attached hydrogen (secondary N) is 1. The lowest BCUT2D eigenvalue weighted by atomic mass is 9.66. The summed E-state index contributed by atoms with van der Waals surface area (Å²) in [5.41, 5.74) is 4.93. The van der Waals surface area contributed by atoms with Crippen molar-refractivity contribution in [2.24, 2.45) is 16.6 Å². The smallest absolute Gasteiger partial charge is 0.317 e. The first-order valence-corrected chi connectivity index (χ1v) is 7.24. The molecule has 3 N–H and O–H groups in total. The third kappa shape index (κ3) is 2.62. The van der Waals surface area contributed by atoms with Crippen LogP contribution in [0.3, 0.4) is 0 Å². The van der Waals surface area contributed by atoms with Gasteiger partial charge in [-0.25, -0.2) is 13.6 Å². The van der Waals surface area contributed by atoms with E-state index in [-0.39, 0.29) is 24.0 Å². The Kier molecular flexibility index (Phi) is 3.73. The first-order valence-electron chi connectivity index (χ1n) is 7.24. The van der Waals surface area contributed by atoms with Crippen molar-refractivity contribution in [1.82, 2.24) is 10.2 Å². The molecule has 1 atom stereocenters. The zero-order valence-electron chi connectivity index (χ0n) is 12.5. The molecule has 1 aliphatic heterocycles. The fourth-order valence-corrected chi connectivity index (χ4v) is 2.87. The van der Waals surface area contributed by atoms with Crippen molar-refractivity contribution >= 4 is 6.03 Å². The van der Waals surface area contributed by atoms with Gasteiger partial charge >= 0.3 is 6.03 Å². The molecule has 116 valence electrons. The summed E-state index contributed by atoms with van der Waals surface area (Å²) in [4.78, 5) is 13.8. The molecule has 2 amide bonds. The van der Waals surface area contributed by atoms with Crippen LogP contribution in [0.1, 0.15) is 40.0 Å². The van der Waals surface area contributed by atoms with E-state index in [1.165, 1.54) is 13.8 Å². The number of rotatable bonds is 3. The van der Waals surface area contributed by atoms with Gasteiger partial charge in [-0.3, -0.25) is 0 Å². The maximum Gasteiger partial charge on any atom is 0.317 e. The Labute approximate surface area is 119 Å². The van der Waals surface area contributed by atoms with Gasteiger partial charge in [-0.2, -0.15) is 0 Å². The van der Waals surface area contributed by atoms with Gasteiger partial charge in [-0.05, 0) is 19.8 Å². The van der Waals surface area contributed by atoms with Crippen LogP contribution in [0, 0.1) is 10.8 Å². The minimum Gasteiger partial charge on any atom is -0.337 e. The first kappa shape index (κ1) is 15.5. The van der Waals surface area contributed by atoms with Crippen molar-refractivity contribution in [2.45, 2.75) is 52.0 Å². The number of nitrogens with zero attached hydrogens (tertiary/aromatic N) is 1. The van der Waals surface area contributed by atoms with Gasteiger partial charge in [0.25, 0.3) is 5.92 Å². The van der Waals surface area contributed by atoms with Gasteiger partial charge in [0, 0.05) is 36.5 Å².